The molecule has 1 aliphatic heterocycles. The Kier molecular flexibility index (Phi) is 5.24. The van der Waals surface area contributed by atoms with Crippen molar-refractivity contribution in [2.45, 2.75) is 70.4 Å². The van der Waals surface area contributed by atoms with Gasteiger partial charge in [0.15, 0.2) is 0 Å². The van der Waals surface area contributed by atoms with Crippen LogP contribution in [0.1, 0.15) is 58.8 Å². The van der Waals surface area contributed by atoms with Crippen molar-refractivity contribution in [1.29, 1.82) is 5.26 Å². The predicted octanol–water partition coefficient (Wildman–Crippen LogP) is 2.92. The van der Waals surface area contributed by atoms with E-state index in [4.69, 9.17) is 0 Å². The molecule has 108 valence electrons. The SMILES string of the molecule is CCNC(C)(C#N)CCCN1CCC2CCCCC21. The third kappa shape index (κ3) is 3.70. The molecule has 1 saturated carbocycles. The first-order valence-corrected chi connectivity index (χ1v) is 8.09. The molecule has 2 fully saturated rings. The Morgan fingerprint density at radius 1 is 1.32 bits per heavy atom. The average molecular weight is 263 g/mol. The highest BCUT2D eigenvalue weighted by molar-refractivity contribution is 5.03. The second-order valence-corrected chi connectivity index (χ2v) is 6.51. The number of nitriles is 1. The predicted molar refractivity (Wildman–Crippen MR) is 78.9 cm³/mol. The van der Waals surface area contributed by atoms with E-state index in [0.717, 1.165) is 31.3 Å². The summed E-state index contributed by atoms with van der Waals surface area (Å²) in [6, 6.07) is 3.29. The van der Waals surface area contributed by atoms with Gasteiger partial charge in [0.2, 0.25) is 0 Å². The molecule has 3 atom stereocenters. The van der Waals surface area contributed by atoms with Crippen LogP contribution in [0.15, 0.2) is 0 Å². The Bertz CT molecular complexity index is 322. The second-order valence-electron chi connectivity index (χ2n) is 6.51. The number of rotatable bonds is 6. The highest BCUT2D eigenvalue weighted by atomic mass is 15.2. The van der Waals surface area contributed by atoms with Gasteiger partial charge in [-0.2, -0.15) is 5.26 Å². The summed E-state index contributed by atoms with van der Waals surface area (Å²) in [5.41, 5.74) is -0.333. The molecule has 1 N–H and O–H groups in total. The van der Waals surface area contributed by atoms with Gasteiger partial charge in [0.05, 0.1) is 6.07 Å². The summed E-state index contributed by atoms with van der Waals surface area (Å²) in [5.74, 6) is 0.977. The van der Waals surface area contributed by atoms with E-state index in [-0.39, 0.29) is 5.54 Å². The number of hydrogen-bond acceptors (Lipinski definition) is 3. The van der Waals surface area contributed by atoms with Crippen LogP contribution < -0.4 is 5.32 Å². The standard InChI is InChI=1S/C16H29N3/c1-3-18-16(2,13-17)10-6-11-19-12-9-14-7-4-5-8-15(14)19/h14-15,18H,3-12H2,1-2H3. The number of hydrogen-bond donors (Lipinski definition) is 1. The minimum absolute atomic E-state index is 0.333. The molecule has 0 bridgehead atoms. The summed E-state index contributed by atoms with van der Waals surface area (Å²) in [6.07, 6.45) is 9.24. The van der Waals surface area contributed by atoms with Crippen molar-refractivity contribution >= 4 is 0 Å². The van der Waals surface area contributed by atoms with Crippen molar-refractivity contribution < 1.29 is 0 Å². The number of nitrogens with zero attached hydrogens (tertiary/aromatic N) is 2. The van der Waals surface area contributed by atoms with Gasteiger partial charge in [-0.3, -0.25) is 5.32 Å². The second kappa shape index (κ2) is 6.72. The molecular weight excluding hydrogens is 234 g/mol. The Morgan fingerprint density at radius 2 is 2.11 bits per heavy atom. The number of fused-ring (bicyclic) bond motifs is 1. The number of likely N-dealkylation sites (tertiary alicyclic amines) is 1. The maximum Gasteiger partial charge on any atom is 0.103 e. The molecule has 0 spiro atoms. The van der Waals surface area contributed by atoms with Crippen molar-refractivity contribution in [3.63, 3.8) is 0 Å². The minimum Gasteiger partial charge on any atom is -0.300 e. The molecule has 0 aromatic rings. The lowest BCUT2D eigenvalue weighted by Gasteiger charge is -2.32. The molecule has 3 nitrogen and oxygen atoms in total. The molecule has 1 saturated heterocycles. The van der Waals surface area contributed by atoms with Gasteiger partial charge in [-0.25, -0.2) is 0 Å². The molecule has 2 rings (SSSR count). The molecule has 1 aliphatic carbocycles. The van der Waals surface area contributed by atoms with Crippen LogP contribution in [0.2, 0.25) is 0 Å². The van der Waals surface area contributed by atoms with E-state index in [2.05, 4.69) is 23.2 Å². The lowest BCUT2D eigenvalue weighted by molar-refractivity contribution is 0.176. The molecule has 0 radical (unpaired) electrons. The van der Waals surface area contributed by atoms with Crippen molar-refractivity contribution in [3.8, 4) is 6.07 Å². The molecular formula is C16H29N3. The largest absolute Gasteiger partial charge is 0.300 e. The van der Waals surface area contributed by atoms with Crippen molar-refractivity contribution in [3.05, 3.63) is 0 Å². The topological polar surface area (TPSA) is 39.1 Å². The molecule has 3 unspecified atom stereocenters. The summed E-state index contributed by atoms with van der Waals surface area (Å²) < 4.78 is 0. The smallest absolute Gasteiger partial charge is 0.103 e. The first kappa shape index (κ1) is 14.8. The first-order valence-electron chi connectivity index (χ1n) is 8.09. The normalized spacial score (nSPS) is 30.6. The van der Waals surface area contributed by atoms with Gasteiger partial charge >= 0.3 is 0 Å². The maximum atomic E-state index is 9.27. The van der Waals surface area contributed by atoms with Gasteiger partial charge in [-0.15, -0.1) is 0 Å². The molecule has 2 aliphatic rings. The van der Waals surface area contributed by atoms with Crippen molar-refractivity contribution in [1.82, 2.24) is 10.2 Å². The van der Waals surface area contributed by atoms with Crippen LogP contribution in [-0.4, -0.2) is 36.1 Å². The van der Waals surface area contributed by atoms with E-state index in [1.54, 1.807) is 0 Å². The summed E-state index contributed by atoms with van der Waals surface area (Å²) in [7, 11) is 0. The summed E-state index contributed by atoms with van der Waals surface area (Å²) in [4.78, 5) is 2.70. The molecule has 3 heteroatoms. The fourth-order valence-electron chi connectivity index (χ4n) is 3.99. The lowest BCUT2D eigenvalue weighted by Crippen LogP contribution is -2.42. The third-order valence-corrected chi connectivity index (χ3v) is 5.06. The summed E-state index contributed by atoms with van der Waals surface area (Å²) in [6.45, 7) is 7.45. The zero-order valence-electron chi connectivity index (χ0n) is 12.6. The monoisotopic (exact) mass is 263 g/mol. The lowest BCUT2D eigenvalue weighted by atomic mass is 9.85. The molecule has 0 aromatic heterocycles. The van der Waals surface area contributed by atoms with Crippen LogP contribution in [0.3, 0.4) is 0 Å². The van der Waals surface area contributed by atoms with E-state index < -0.39 is 0 Å². The Morgan fingerprint density at radius 3 is 2.84 bits per heavy atom. The summed E-state index contributed by atoms with van der Waals surface area (Å²) >= 11 is 0. The van der Waals surface area contributed by atoms with Crippen LogP contribution in [0.25, 0.3) is 0 Å². The van der Waals surface area contributed by atoms with Crippen LogP contribution in [0.5, 0.6) is 0 Å². The summed E-state index contributed by atoms with van der Waals surface area (Å²) in [5, 5.41) is 12.6. The highest BCUT2D eigenvalue weighted by Gasteiger charge is 2.35. The maximum absolute atomic E-state index is 9.27. The highest BCUT2D eigenvalue weighted by Crippen LogP contribution is 2.36. The van der Waals surface area contributed by atoms with Gasteiger partial charge in [-0.05, 0) is 64.6 Å². The van der Waals surface area contributed by atoms with Gasteiger partial charge in [0.1, 0.15) is 5.54 Å². The quantitative estimate of drug-likeness (QED) is 0.801. The van der Waals surface area contributed by atoms with Crippen LogP contribution in [0, 0.1) is 17.2 Å². The molecule has 0 amide bonds. The van der Waals surface area contributed by atoms with E-state index in [1.807, 2.05) is 6.92 Å². The van der Waals surface area contributed by atoms with Crippen LogP contribution in [-0.2, 0) is 0 Å². The van der Waals surface area contributed by atoms with E-state index >= 15 is 0 Å². The van der Waals surface area contributed by atoms with Crippen LogP contribution >= 0.6 is 0 Å². The van der Waals surface area contributed by atoms with Gasteiger partial charge in [-0.1, -0.05) is 19.8 Å². The molecule has 0 aromatic carbocycles. The Labute approximate surface area is 118 Å². The van der Waals surface area contributed by atoms with E-state index in [0.29, 0.717) is 0 Å². The zero-order valence-corrected chi connectivity index (χ0v) is 12.6. The van der Waals surface area contributed by atoms with Crippen LogP contribution in [0.4, 0.5) is 0 Å². The fraction of sp³-hybridized carbons (Fsp3) is 0.938. The zero-order chi connectivity index (χ0) is 13.7. The Balaban J connectivity index is 1.75. The van der Waals surface area contributed by atoms with Gasteiger partial charge in [0, 0.05) is 6.04 Å². The van der Waals surface area contributed by atoms with E-state index in [1.165, 1.54) is 45.2 Å². The minimum atomic E-state index is -0.333. The van der Waals surface area contributed by atoms with Gasteiger partial charge < -0.3 is 4.90 Å². The molecule has 1 heterocycles. The van der Waals surface area contributed by atoms with Gasteiger partial charge in [0.25, 0.3) is 0 Å². The fourth-order valence-corrected chi connectivity index (χ4v) is 3.99. The van der Waals surface area contributed by atoms with Crippen molar-refractivity contribution in [2.24, 2.45) is 5.92 Å². The average Bonchev–Trinajstić information content (AvgIpc) is 2.83. The van der Waals surface area contributed by atoms with E-state index in [9.17, 15) is 5.26 Å². The Hall–Kier alpha value is -0.590. The van der Waals surface area contributed by atoms with Crippen molar-refractivity contribution in [2.75, 3.05) is 19.6 Å². The number of nitrogens with one attached hydrogen (secondary N) is 1. The molecule has 19 heavy (non-hydrogen) atoms. The third-order valence-electron chi connectivity index (χ3n) is 5.06. The first-order chi connectivity index (χ1) is 9.18.